The van der Waals surface area contributed by atoms with Crippen LogP contribution < -0.4 is 24.8 Å². The smallest absolute Gasteiger partial charge is 1.00 e. The monoisotopic (exact) mass is 362 g/mol. The number of hydrogen-bond acceptors (Lipinski definition) is 0. The second kappa shape index (κ2) is 7.11. The maximum Gasteiger partial charge on any atom is -1.00 e. The Bertz CT molecular complexity index is 698. The Morgan fingerprint density at radius 1 is 0.682 bits per heavy atom. The van der Waals surface area contributed by atoms with Crippen molar-refractivity contribution in [1.29, 1.82) is 0 Å². The Morgan fingerprint density at radius 3 is 1.55 bits per heavy atom. The molecular weight excluding hydrogens is 347 g/mol. The average Bonchev–Trinajstić information content (AvgIpc) is 3.11. The molecule has 0 amide bonds. The van der Waals surface area contributed by atoms with Crippen molar-refractivity contribution in [2.24, 2.45) is 0 Å². The first kappa shape index (κ1) is 17.4. The Kier molecular flexibility index (Phi) is 5.63. The van der Waals surface area contributed by atoms with Crippen molar-refractivity contribution in [2.45, 2.75) is 8.45 Å². The van der Waals surface area contributed by atoms with E-state index in [1.54, 1.807) is 0 Å². The molecule has 0 bridgehead atoms. The molecule has 4 rings (SSSR count). The molecule has 2 unspecified atom stereocenters. The normalized spacial score (nSPS) is 19.4. The molecule has 0 saturated carbocycles. The van der Waals surface area contributed by atoms with Gasteiger partial charge in [0.25, 0.3) is 0 Å². The second-order valence-electron chi connectivity index (χ2n) is 5.51. The SMILES string of the molecule is [CH2]=[Ti+2]([CH]1C=Cc2ccccc21)[CH]1C=Cc2ccccc21.[Cl-].[Cl-]. The summed E-state index contributed by atoms with van der Waals surface area (Å²) in [5.41, 5.74) is 5.77. The van der Waals surface area contributed by atoms with Crippen LogP contribution in [0.1, 0.15) is 30.7 Å². The summed E-state index contributed by atoms with van der Waals surface area (Å²) in [4.78, 5) is 4.66. The van der Waals surface area contributed by atoms with Gasteiger partial charge in [0.1, 0.15) is 0 Å². The Balaban J connectivity index is 0.000000882. The van der Waals surface area contributed by atoms with Gasteiger partial charge >= 0.3 is 126 Å². The predicted molar refractivity (Wildman–Crippen MR) is 83.6 cm³/mol. The van der Waals surface area contributed by atoms with E-state index in [2.05, 4.69) is 77.7 Å². The Labute approximate surface area is 150 Å². The van der Waals surface area contributed by atoms with Gasteiger partial charge in [0, 0.05) is 0 Å². The Hall–Kier alpha value is -0.916. The largest absolute Gasteiger partial charge is 1.00 e. The molecular formula is C19H16Cl2Ti. The van der Waals surface area contributed by atoms with Crippen molar-refractivity contribution < 1.29 is 42.2 Å². The first-order valence-electron chi connectivity index (χ1n) is 7.07. The summed E-state index contributed by atoms with van der Waals surface area (Å²) in [7, 11) is 0. The summed E-state index contributed by atoms with van der Waals surface area (Å²) in [5, 5.41) is 0. The summed E-state index contributed by atoms with van der Waals surface area (Å²) < 4.78 is 1.18. The van der Waals surface area contributed by atoms with Crippen molar-refractivity contribution in [3.05, 3.63) is 82.9 Å². The van der Waals surface area contributed by atoms with Gasteiger partial charge < -0.3 is 24.8 Å². The first-order chi connectivity index (χ1) is 9.84. The van der Waals surface area contributed by atoms with Gasteiger partial charge in [-0.3, -0.25) is 0 Å². The minimum atomic E-state index is -1.51. The molecule has 2 atom stereocenters. The van der Waals surface area contributed by atoms with Crippen molar-refractivity contribution in [3.63, 3.8) is 0 Å². The van der Waals surface area contributed by atoms with Gasteiger partial charge in [-0.15, -0.1) is 0 Å². The van der Waals surface area contributed by atoms with Gasteiger partial charge in [0.2, 0.25) is 0 Å². The van der Waals surface area contributed by atoms with E-state index in [0.29, 0.717) is 8.45 Å². The van der Waals surface area contributed by atoms with Gasteiger partial charge in [0.15, 0.2) is 0 Å². The molecule has 0 saturated heterocycles. The third-order valence-corrected chi connectivity index (χ3v) is 8.47. The molecule has 0 spiro atoms. The van der Waals surface area contributed by atoms with Crippen LogP contribution in [0.4, 0.5) is 0 Å². The molecule has 2 aliphatic rings. The summed E-state index contributed by atoms with van der Waals surface area (Å²) in [5.74, 6) is 0. The van der Waals surface area contributed by atoms with Gasteiger partial charge in [0.05, 0.1) is 0 Å². The third kappa shape index (κ3) is 2.82. The molecule has 0 aromatic heterocycles. The zero-order valence-corrected chi connectivity index (χ0v) is 15.1. The summed E-state index contributed by atoms with van der Waals surface area (Å²) >= 11 is -1.51. The van der Waals surface area contributed by atoms with Crippen LogP contribution in [0.25, 0.3) is 12.2 Å². The molecule has 2 aliphatic carbocycles. The zero-order chi connectivity index (χ0) is 13.5. The number of benzene rings is 2. The van der Waals surface area contributed by atoms with E-state index in [1.165, 1.54) is 22.3 Å². The van der Waals surface area contributed by atoms with E-state index in [1.807, 2.05) is 0 Å². The standard InChI is InChI=1S/2C9H7.CH2.2ClH.Ti/c2*1-2-5-9-7-3-6-8(9)4-1;;;;/h2*1-7H;1H2;2*1H;/q;;;;;+2/p-2. The number of allylic oxidation sites excluding steroid dienone is 2. The van der Waals surface area contributed by atoms with Crippen LogP contribution in [0.3, 0.4) is 0 Å². The van der Waals surface area contributed by atoms with E-state index in [-0.39, 0.29) is 24.8 Å². The first-order valence-corrected chi connectivity index (χ1v) is 9.98. The minimum absolute atomic E-state index is 0. The number of rotatable bonds is 2. The molecule has 0 nitrogen and oxygen atoms in total. The van der Waals surface area contributed by atoms with Crippen molar-refractivity contribution in [3.8, 4) is 0 Å². The number of halogens is 2. The van der Waals surface area contributed by atoms with Gasteiger partial charge in [-0.1, -0.05) is 0 Å². The molecule has 2 aromatic carbocycles. The van der Waals surface area contributed by atoms with Gasteiger partial charge in [-0.2, -0.15) is 0 Å². The zero-order valence-electron chi connectivity index (χ0n) is 12.0. The molecule has 0 radical (unpaired) electrons. The van der Waals surface area contributed by atoms with Crippen molar-refractivity contribution in [2.75, 3.05) is 0 Å². The summed E-state index contributed by atoms with van der Waals surface area (Å²) in [6.45, 7) is 0. The fraction of sp³-hybridized carbons (Fsp3) is 0.105. The van der Waals surface area contributed by atoms with E-state index >= 15 is 0 Å². The van der Waals surface area contributed by atoms with Crippen molar-refractivity contribution >= 4 is 17.0 Å². The maximum absolute atomic E-state index is 4.66. The van der Waals surface area contributed by atoms with Crippen LogP contribution >= 0.6 is 0 Å². The minimum Gasteiger partial charge on any atom is -1.00 e. The van der Waals surface area contributed by atoms with Gasteiger partial charge in [-0.25, -0.2) is 0 Å². The van der Waals surface area contributed by atoms with E-state index in [0.717, 1.165) is 0 Å². The third-order valence-electron chi connectivity index (χ3n) is 4.40. The summed E-state index contributed by atoms with van der Waals surface area (Å²) in [6, 6.07) is 17.6. The molecule has 0 fully saturated rings. The average molecular weight is 363 g/mol. The summed E-state index contributed by atoms with van der Waals surface area (Å²) in [6.07, 6.45) is 9.34. The quantitative estimate of drug-likeness (QED) is 0.575. The van der Waals surface area contributed by atoms with Crippen molar-refractivity contribution in [1.82, 2.24) is 0 Å². The van der Waals surface area contributed by atoms with Gasteiger partial charge in [-0.05, 0) is 0 Å². The fourth-order valence-electron chi connectivity index (χ4n) is 3.34. The van der Waals surface area contributed by atoms with E-state index in [4.69, 9.17) is 0 Å². The fourth-order valence-corrected chi connectivity index (χ4v) is 7.08. The van der Waals surface area contributed by atoms with Crippen LogP contribution in [0.5, 0.6) is 0 Å². The van der Waals surface area contributed by atoms with Crippen LogP contribution in [0.2, 0.25) is 0 Å². The molecule has 0 heterocycles. The molecule has 22 heavy (non-hydrogen) atoms. The van der Waals surface area contributed by atoms with Crippen LogP contribution in [-0.4, -0.2) is 4.82 Å². The maximum atomic E-state index is 4.66. The molecule has 3 heteroatoms. The molecule has 110 valence electrons. The van der Waals surface area contributed by atoms with Crippen LogP contribution in [-0.2, 0) is 17.4 Å². The number of fused-ring (bicyclic) bond motifs is 2. The topological polar surface area (TPSA) is 0 Å². The van der Waals surface area contributed by atoms with Crippen LogP contribution in [0, 0.1) is 0 Å². The number of hydrogen-bond donors (Lipinski definition) is 0. The van der Waals surface area contributed by atoms with Crippen LogP contribution in [0.15, 0.2) is 60.7 Å². The molecule has 2 aromatic rings. The second-order valence-corrected chi connectivity index (χ2v) is 9.24. The predicted octanol–water partition coefficient (Wildman–Crippen LogP) is -1.42. The molecule has 0 aliphatic heterocycles. The van der Waals surface area contributed by atoms with E-state index < -0.39 is 17.4 Å². The molecule has 0 N–H and O–H groups in total. The van der Waals surface area contributed by atoms with E-state index in [9.17, 15) is 0 Å². The Morgan fingerprint density at radius 2 is 1.09 bits per heavy atom.